The summed E-state index contributed by atoms with van der Waals surface area (Å²) in [5, 5.41) is 31.1. The van der Waals surface area contributed by atoms with E-state index >= 15 is 0 Å². The van der Waals surface area contributed by atoms with E-state index < -0.39 is 28.4 Å². The molecule has 2 heterocycles. The van der Waals surface area contributed by atoms with Crippen molar-refractivity contribution in [3.8, 4) is 5.75 Å². The van der Waals surface area contributed by atoms with Crippen LogP contribution in [0.1, 0.15) is 36.0 Å². The molecule has 1 fully saturated rings. The van der Waals surface area contributed by atoms with Gasteiger partial charge in [-0.3, -0.25) is 24.6 Å². The van der Waals surface area contributed by atoms with Crippen molar-refractivity contribution >= 4 is 39.6 Å². The number of nitro groups is 1. The zero-order valence-electron chi connectivity index (χ0n) is 18.5. The molecule has 2 aromatic carbocycles. The summed E-state index contributed by atoms with van der Waals surface area (Å²) >= 11 is 1.09. The first-order valence-electron chi connectivity index (χ1n) is 10.3. The number of ketones is 1. The number of aliphatic hydroxyl groups excluding tert-OH is 1. The van der Waals surface area contributed by atoms with Gasteiger partial charge in [0.1, 0.15) is 16.5 Å². The van der Waals surface area contributed by atoms with Gasteiger partial charge in [-0.1, -0.05) is 23.5 Å². The lowest BCUT2D eigenvalue weighted by Crippen LogP contribution is -2.29. The number of benzene rings is 2. The molecule has 1 aromatic heterocycles. The van der Waals surface area contributed by atoms with E-state index in [1.807, 2.05) is 13.8 Å². The van der Waals surface area contributed by atoms with Crippen LogP contribution in [0.4, 0.5) is 10.8 Å². The van der Waals surface area contributed by atoms with Crippen molar-refractivity contribution in [3.05, 3.63) is 80.4 Å². The van der Waals surface area contributed by atoms with Gasteiger partial charge in [-0.05, 0) is 50.6 Å². The van der Waals surface area contributed by atoms with Gasteiger partial charge in [0.15, 0.2) is 0 Å². The minimum absolute atomic E-state index is 0.0472. The van der Waals surface area contributed by atoms with Gasteiger partial charge in [0.25, 0.3) is 11.5 Å². The number of anilines is 1. The van der Waals surface area contributed by atoms with Crippen molar-refractivity contribution in [1.29, 1.82) is 0 Å². The largest absolute Gasteiger partial charge is 0.507 e. The molecule has 3 aromatic rings. The Bertz CT molecular complexity index is 1320. The standard InChI is InChI=1S/C23H20N4O6S/c1-12(2)33-17-9-7-14(8-10-17)20(28)18-19(15-5-4-6-16(11-15)27(31)32)26(22(30)21(18)29)23-25-24-13(3)34-23/h4-12,19,28H,1-3H3/b20-18+/t19-/m1/s1. The number of rotatable bonds is 6. The van der Waals surface area contributed by atoms with Crippen LogP contribution in [0.25, 0.3) is 5.76 Å². The molecule has 1 aliphatic rings. The van der Waals surface area contributed by atoms with Crippen molar-refractivity contribution in [2.45, 2.75) is 32.9 Å². The van der Waals surface area contributed by atoms with Crippen molar-refractivity contribution in [2.75, 3.05) is 4.90 Å². The maximum Gasteiger partial charge on any atom is 0.301 e. The van der Waals surface area contributed by atoms with Gasteiger partial charge in [-0.15, -0.1) is 10.2 Å². The smallest absolute Gasteiger partial charge is 0.301 e. The molecule has 0 aliphatic carbocycles. The number of aromatic nitrogens is 2. The minimum atomic E-state index is -1.13. The molecule has 0 radical (unpaired) electrons. The zero-order valence-corrected chi connectivity index (χ0v) is 19.3. The minimum Gasteiger partial charge on any atom is -0.507 e. The number of ether oxygens (including phenoxy) is 1. The highest BCUT2D eigenvalue weighted by molar-refractivity contribution is 7.15. The first kappa shape index (κ1) is 23.1. The Morgan fingerprint density at radius 3 is 2.47 bits per heavy atom. The topological polar surface area (TPSA) is 136 Å². The number of Topliss-reactive ketones (excluding diaryl/α,β-unsaturated/α-hetero) is 1. The molecule has 34 heavy (non-hydrogen) atoms. The maximum atomic E-state index is 13.1. The van der Waals surface area contributed by atoms with Crippen molar-refractivity contribution in [3.63, 3.8) is 0 Å². The number of nitrogens with zero attached hydrogens (tertiary/aromatic N) is 4. The number of aryl methyl sites for hydroxylation is 1. The lowest BCUT2D eigenvalue weighted by atomic mass is 9.95. The van der Waals surface area contributed by atoms with Crippen molar-refractivity contribution < 1.29 is 24.4 Å². The van der Waals surface area contributed by atoms with Gasteiger partial charge in [-0.25, -0.2) is 0 Å². The van der Waals surface area contributed by atoms with Gasteiger partial charge in [0, 0.05) is 17.7 Å². The van der Waals surface area contributed by atoms with Crippen LogP contribution < -0.4 is 9.64 Å². The quantitative estimate of drug-likeness (QED) is 0.183. The Kier molecular flexibility index (Phi) is 6.12. The third-order valence-electron chi connectivity index (χ3n) is 5.06. The second kappa shape index (κ2) is 9.02. The van der Waals surface area contributed by atoms with Crippen LogP contribution in [0.15, 0.2) is 54.1 Å². The molecule has 1 aliphatic heterocycles. The van der Waals surface area contributed by atoms with E-state index in [0.29, 0.717) is 10.8 Å². The average Bonchev–Trinajstić information content (AvgIpc) is 3.34. The Morgan fingerprint density at radius 2 is 1.88 bits per heavy atom. The highest BCUT2D eigenvalue weighted by atomic mass is 32.1. The fourth-order valence-electron chi connectivity index (χ4n) is 3.66. The Labute approximate surface area is 198 Å². The molecule has 1 N–H and O–H groups in total. The van der Waals surface area contributed by atoms with Crippen LogP contribution in [0.3, 0.4) is 0 Å². The summed E-state index contributed by atoms with van der Waals surface area (Å²) in [5.41, 5.74) is 0.156. The van der Waals surface area contributed by atoms with Crippen molar-refractivity contribution in [2.24, 2.45) is 0 Å². The number of carbonyl (C=O) groups excluding carboxylic acids is 2. The molecular weight excluding hydrogens is 460 g/mol. The number of nitro benzene ring substituents is 1. The van der Waals surface area contributed by atoms with Crippen LogP contribution in [-0.4, -0.2) is 38.0 Å². The summed E-state index contributed by atoms with van der Waals surface area (Å²) < 4.78 is 5.61. The molecule has 174 valence electrons. The first-order valence-corrected chi connectivity index (χ1v) is 11.1. The molecule has 0 unspecified atom stereocenters. The molecule has 10 nitrogen and oxygen atoms in total. The van der Waals surface area contributed by atoms with E-state index in [4.69, 9.17) is 4.74 Å². The third-order valence-corrected chi connectivity index (χ3v) is 5.90. The summed E-state index contributed by atoms with van der Waals surface area (Å²) in [6.45, 7) is 5.45. The van der Waals surface area contributed by atoms with Gasteiger partial charge in [0.2, 0.25) is 5.13 Å². The van der Waals surface area contributed by atoms with Crippen LogP contribution in [0.5, 0.6) is 5.75 Å². The van der Waals surface area contributed by atoms with Crippen LogP contribution >= 0.6 is 11.3 Å². The van der Waals surface area contributed by atoms with E-state index in [9.17, 15) is 24.8 Å². The van der Waals surface area contributed by atoms with Gasteiger partial charge < -0.3 is 9.84 Å². The maximum absolute atomic E-state index is 13.1. The second-order valence-electron chi connectivity index (χ2n) is 7.82. The molecule has 11 heteroatoms. The summed E-state index contributed by atoms with van der Waals surface area (Å²) in [7, 11) is 0. The van der Waals surface area contributed by atoms with Crippen LogP contribution in [-0.2, 0) is 9.59 Å². The predicted octanol–water partition coefficient (Wildman–Crippen LogP) is 4.17. The lowest BCUT2D eigenvalue weighted by Gasteiger charge is -2.22. The fourth-order valence-corrected chi connectivity index (χ4v) is 4.37. The molecule has 0 saturated carbocycles. The monoisotopic (exact) mass is 480 g/mol. The van der Waals surface area contributed by atoms with Crippen molar-refractivity contribution in [1.82, 2.24) is 10.2 Å². The molecular formula is C23H20N4O6S. The normalized spacial score (nSPS) is 17.4. The van der Waals surface area contributed by atoms with Gasteiger partial charge >= 0.3 is 5.91 Å². The summed E-state index contributed by atoms with van der Waals surface area (Å²) in [5.74, 6) is -1.67. The van der Waals surface area contributed by atoms with Gasteiger partial charge in [-0.2, -0.15) is 0 Å². The van der Waals surface area contributed by atoms with E-state index in [1.54, 1.807) is 37.3 Å². The Hall–Kier alpha value is -4.12. The average molecular weight is 481 g/mol. The summed E-state index contributed by atoms with van der Waals surface area (Å²) in [6, 6.07) is 10.9. The van der Waals surface area contributed by atoms with E-state index in [1.165, 1.54) is 18.2 Å². The lowest BCUT2D eigenvalue weighted by molar-refractivity contribution is -0.384. The zero-order chi connectivity index (χ0) is 24.6. The predicted molar refractivity (Wildman–Crippen MR) is 125 cm³/mol. The molecule has 1 saturated heterocycles. The van der Waals surface area contributed by atoms with E-state index in [-0.39, 0.29) is 33.6 Å². The Morgan fingerprint density at radius 1 is 1.18 bits per heavy atom. The number of hydrogen-bond acceptors (Lipinski definition) is 9. The first-order chi connectivity index (χ1) is 16.2. The van der Waals surface area contributed by atoms with E-state index in [2.05, 4.69) is 10.2 Å². The fraction of sp³-hybridized carbons (Fsp3) is 0.217. The number of non-ortho nitro benzene ring substituents is 1. The SMILES string of the molecule is Cc1nnc(N2C(=O)C(=O)/C(=C(/O)c3ccc(OC(C)C)cc3)[C@H]2c2cccc([N+](=O)[O-])c2)s1. The summed E-state index contributed by atoms with van der Waals surface area (Å²) in [4.78, 5) is 38.1. The van der Waals surface area contributed by atoms with Gasteiger partial charge in [0.05, 0.1) is 22.6 Å². The molecule has 0 bridgehead atoms. The van der Waals surface area contributed by atoms with E-state index in [0.717, 1.165) is 16.2 Å². The highest BCUT2D eigenvalue weighted by Gasteiger charge is 2.48. The number of carbonyl (C=O) groups is 2. The third kappa shape index (κ3) is 4.25. The Balaban J connectivity index is 1.88. The number of amides is 1. The number of aliphatic hydroxyl groups is 1. The second-order valence-corrected chi connectivity index (χ2v) is 8.98. The van der Waals surface area contributed by atoms with Crippen LogP contribution in [0, 0.1) is 17.0 Å². The number of hydrogen-bond donors (Lipinski definition) is 1. The molecule has 4 rings (SSSR count). The van der Waals surface area contributed by atoms with Crippen LogP contribution in [0.2, 0.25) is 0 Å². The molecule has 1 amide bonds. The molecule has 1 atom stereocenters. The highest BCUT2D eigenvalue weighted by Crippen LogP contribution is 2.43. The molecule has 0 spiro atoms. The summed E-state index contributed by atoms with van der Waals surface area (Å²) in [6.07, 6.45) is -0.0472.